The van der Waals surface area contributed by atoms with Gasteiger partial charge in [-0.3, -0.25) is 5.84 Å². The molecule has 0 aliphatic carbocycles. The van der Waals surface area contributed by atoms with Crippen LogP contribution in [0.2, 0.25) is 0 Å². The van der Waals surface area contributed by atoms with Gasteiger partial charge in [0.25, 0.3) is 0 Å². The smallest absolute Gasteiger partial charge is 0.115 e. The minimum Gasteiger partial charge on any atom is -0.271 e. The van der Waals surface area contributed by atoms with E-state index in [1.54, 1.807) is 12.4 Å². The Balaban J connectivity index is 2.48. The highest BCUT2D eigenvalue weighted by molar-refractivity contribution is 5.32. The summed E-state index contributed by atoms with van der Waals surface area (Å²) >= 11 is 0. The first-order valence-electron chi connectivity index (χ1n) is 5.80. The third kappa shape index (κ3) is 2.49. The van der Waals surface area contributed by atoms with Crippen molar-refractivity contribution in [3.63, 3.8) is 0 Å². The fourth-order valence-corrected chi connectivity index (χ4v) is 1.88. The van der Waals surface area contributed by atoms with E-state index in [4.69, 9.17) is 5.84 Å². The van der Waals surface area contributed by atoms with Gasteiger partial charge in [0.05, 0.1) is 17.4 Å². The average molecular weight is 244 g/mol. The van der Waals surface area contributed by atoms with Gasteiger partial charge in [0.15, 0.2) is 0 Å². The Hall–Kier alpha value is -1.92. The van der Waals surface area contributed by atoms with E-state index in [0.717, 1.165) is 28.9 Å². The van der Waals surface area contributed by atoms with Gasteiger partial charge in [-0.2, -0.15) is 10.2 Å². The molecule has 2 heterocycles. The van der Waals surface area contributed by atoms with Crippen LogP contribution in [0.4, 0.5) is 0 Å². The molecule has 0 aliphatic rings. The first-order chi connectivity index (χ1) is 8.76. The number of hydrogen-bond acceptors (Lipinski definition) is 6. The second kappa shape index (κ2) is 5.61. The maximum Gasteiger partial charge on any atom is 0.115 e. The van der Waals surface area contributed by atoms with Gasteiger partial charge in [-0.05, 0) is 19.4 Å². The minimum atomic E-state index is -0.171. The van der Waals surface area contributed by atoms with Crippen LogP contribution in [0.1, 0.15) is 35.5 Å². The van der Waals surface area contributed by atoms with E-state index >= 15 is 0 Å². The van der Waals surface area contributed by atoms with Gasteiger partial charge in [0, 0.05) is 23.5 Å². The van der Waals surface area contributed by atoms with E-state index in [0.29, 0.717) is 0 Å². The lowest BCUT2D eigenvalue weighted by atomic mass is 9.99. The highest BCUT2D eigenvalue weighted by atomic mass is 15.2. The summed E-state index contributed by atoms with van der Waals surface area (Å²) in [6.45, 7) is 3.95. The van der Waals surface area contributed by atoms with Gasteiger partial charge in [-0.15, -0.1) is 0 Å². The van der Waals surface area contributed by atoms with Crippen LogP contribution in [0.3, 0.4) is 0 Å². The molecule has 0 amide bonds. The van der Waals surface area contributed by atoms with E-state index in [1.807, 2.05) is 19.9 Å². The molecule has 1 unspecified atom stereocenters. The number of nitrogens with zero attached hydrogens (tertiary/aromatic N) is 4. The van der Waals surface area contributed by atoms with E-state index in [-0.39, 0.29) is 6.04 Å². The number of nitrogens with two attached hydrogens (primary N) is 1. The molecule has 0 aromatic carbocycles. The van der Waals surface area contributed by atoms with Crippen LogP contribution < -0.4 is 11.3 Å². The van der Waals surface area contributed by atoms with Crippen LogP contribution in [0, 0.1) is 6.92 Å². The first kappa shape index (κ1) is 12.5. The molecular formula is C12H16N6. The van der Waals surface area contributed by atoms with Gasteiger partial charge in [0.2, 0.25) is 0 Å². The molecule has 1 atom stereocenters. The summed E-state index contributed by atoms with van der Waals surface area (Å²) in [5, 5.41) is 8.28. The fraction of sp³-hybridized carbons (Fsp3) is 0.333. The van der Waals surface area contributed by atoms with Gasteiger partial charge in [0.1, 0.15) is 6.33 Å². The average Bonchev–Trinajstić information content (AvgIpc) is 2.41. The molecule has 2 aromatic heterocycles. The van der Waals surface area contributed by atoms with Crippen LogP contribution >= 0.6 is 0 Å². The van der Waals surface area contributed by atoms with Crippen LogP contribution in [-0.2, 0) is 6.42 Å². The zero-order chi connectivity index (χ0) is 13.0. The molecule has 6 heteroatoms. The summed E-state index contributed by atoms with van der Waals surface area (Å²) in [4.78, 5) is 8.03. The highest BCUT2D eigenvalue weighted by Crippen LogP contribution is 2.22. The summed E-state index contributed by atoms with van der Waals surface area (Å²) in [7, 11) is 0. The van der Waals surface area contributed by atoms with E-state index in [9.17, 15) is 0 Å². The first-order valence-corrected chi connectivity index (χ1v) is 5.80. The van der Waals surface area contributed by atoms with Crippen LogP contribution in [-0.4, -0.2) is 20.2 Å². The maximum absolute atomic E-state index is 5.66. The zero-order valence-corrected chi connectivity index (χ0v) is 10.5. The highest BCUT2D eigenvalue weighted by Gasteiger charge is 2.17. The molecule has 0 radical (unpaired) electrons. The monoisotopic (exact) mass is 244 g/mol. The summed E-state index contributed by atoms with van der Waals surface area (Å²) in [5.74, 6) is 5.66. The second-order valence-corrected chi connectivity index (χ2v) is 4.01. The molecule has 0 saturated heterocycles. The number of nitrogens with one attached hydrogen (secondary N) is 1. The van der Waals surface area contributed by atoms with E-state index in [2.05, 4.69) is 25.6 Å². The second-order valence-electron chi connectivity index (χ2n) is 4.01. The van der Waals surface area contributed by atoms with Crippen molar-refractivity contribution in [2.45, 2.75) is 26.3 Å². The third-order valence-electron chi connectivity index (χ3n) is 2.75. The summed E-state index contributed by atoms with van der Waals surface area (Å²) in [6, 6.07) is 1.82. The number of rotatable bonds is 4. The van der Waals surface area contributed by atoms with E-state index < -0.39 is 0 Å². The van der Waals surface area contributed by atoms with Crippen molar-refractivity contribution >= 4 is 0 Å². The van der Waals surface area contributed by atoms with Crippen molar-refractivity contribution in [2.75, 3.05) is 0 Å². The molecule has 2 aromatic rings. The van der Waals surface area contributed by atoms with Crippen LogP contribution in [0.5, 0.6) is 0 Å². The van der Waals surface area contributed by atoms with Crippen molar-refractivity contribution in [3.8, 4) is 0 Å². The quantitative estimate of drug-likeness (QED) is 0.607. The Kier molecular flexibility index (Phi) is 3.91. The molecular weight excluding hydrogens is 228 g/mol. The zero-order valence-electron chi connectivity index (χ0n) is 10.5. The molecule has 0 spiro atoms. The van der Waals surface area contributed by atoms with Gasteiger partial charge in [-0.25, -0.2) is 15.4 Å². The molecule has 0 aliphatic heterocycles. The lowest BCUT2D eigenvalue weighted by Gasteiger charge is -2.18. The van der Waals surface area contributed by atoms with Crippen molar-refractivity contribution in [1.82, 2.24) is 25.6 Å². The largest absolute Gasteiger partial charge is 0.271 e. The predicted molar refractivity (Wildman–Crippen MR) is 67.3 cm³/mol. The van der Waals surface area contributed by atoms with Crippen molar-refractivity contribution < 1.29 is 0 Å². The molecule has 0 saturated carbocycles. The molecule has 3 N–H and O–H groups in total. The SMILES string of the molecule is CCc1nnc(C)cc1C(NN)c1cncnc1. The molecule has 6 nitrogen and oxygen atoms in total. The van der Waals surface area contributed by atoms with E-state index in [1.165, 1.54) is 6.33 Å². The Bertz CT molecular complexity index is 513. The molecule has 0 fully saturated rings. The summed E-state index contributed by atoms with van der Waals surface area (Å²) in [5.41, 5.74) is 6.49. The predicted octanol–water partition coefficient (Wildman–Crippen LogP) is 0.690. The van der Waals surface area contributed by atoms with Crippen molar-refractivity contribution in [1.29, 1.82) is 0 Å². The number of aromatic nitrogens is 4. The number of hydrogen-bond donors (Lipinski definition) is 2. The lowest BCUT2D eigenvalue weighted by molar-refractivity contribution is 0.617. The third-order valence-corrected chi connectivity index (χ3v) is 2.75. The van der Waals surface area contributed by atoms with Crippen LogP contribution in [0.25, 0.3) is 0 Å². The molecule has 2 rings (SSSR count). The number of hydrazine groups is 1. The van der Waals surface area contributed by atoms with Crippen LogP contribution in [0.15, 0.2) is 24.8 Å². The fourth-order valence-electron chi connectivity index (χ4n) is 1.88. The van der Waals surface area contributed by atoms with Gasteiger partial charge in [-0.1, -0.05) is 6.92 Å². The molecule has 94 valence electrons. The Morgan fingerprint density at radius 3 is 2.61 bits per heavy atom. The summed E-state index contributed by atoms with van der Waals surface area (Å²) < 4.78 is 0. The topological polar surface area (TPSA) is 89.6 Å². The lowest BCUT2D eigenvalue weighted by Crippen LogP contribution is -2.30. The van der Waals surface area contributed by atoms with Crippen molar-refractivity contribution in [2.24, 2.45) is 5.84 Å². The normalized spacial score (nSPS) is 12.4. The maximum atomic E-state index is 5.66. The van der Waals surface area contributed by atoms with Gasteiger partial charge >= 0.3 is 0 Å². The summed E-state index contributed by atoms with van der Waals surface area (Å²) in [6.07, 6.45) is 5.78. The van der Waals surface area contributed by atoms with Gasteiger partial charge < -0.3 is 0 Å². The minimum absolute atomic E-state index is 0.171. The Morgan fingerprint density at radius 1 is 1.28 bits per heavy atom. The Morgan fingerprint density at radius 2 is 2.00 bits per heavy atom. The Labute approximate surface area is 106 Å². The number of aryl methyl sites for hydroxylation is 2. The standard InChI is InChI=1S/C12H16N6/c1-3-11-10(4-8(2)17-18-11)12(16-13)9-5-14-7-15-6-9/h4-7,12,16H,3,13H2,1-2H3. The molecule has 0 bridgehead atoms. The molecule has 18 heavy (non-hydrogen) atoms. The van der Waals surface area contributed by atoms with Crippen molar-refractivity contribution in [3.05, 3.63) is 47.3 Å².